The second-order valence-corrected chi connectivity index (χ2v) is 10.0. The van der Waals surface area contributed by atoms with Crippen LogP contribution in [0.3, 0.4) is 0 Å². The van der Waals surface area contributed by atoms with Gasteiger partial charge >= 0.3 is 0 Å². The number of hydrogen-bond donors (Lipinski definition) is 2. The van der Waals surface area contributed by atoms with E-state index in [0.717, 1.165) is 59.6 Å². The Morgan fingerprint density at radius 1 is 1.14 bits per heavy atom. The number of piperazine rings is 1. The molecule has 1 saturated heterocycles. The number of aliphatic imine (C=N–C) groups is 1. The van der Waals surface area contributed by atoms with Gasteiger partial charge in [-0.3, -0.25) is 4.79 Å². The van der Waals surface area contributed by atoms with Gasteiger partial charge < -0.3 is 25.0 Å². The molecule has 2 N–H and O–H groups in total. The fourth-order valence-corrected chi connectivity index (χ4v) is 5.15. The van der Waals surface area contributed by atoms with Crippen LogP contribution in [-0.2, 0) is 6.54 Å². The van der Waals surface area contributed by atoms with Crippen LogP contribution in [-0.4, -0.2) is 65.2 Å². The Kier molecular flexibility index (Phi) is 6.84. The number of pyridine rings is 1. The molecule has 0 saturated carbocycles. The first-order valence-electron chi connectivity index (χ1n) is 12.8. The average molecular weight is 498 g/mol. The van der Waals surface area contributed by atoms with Crippen molar-refractivity contribution in [3.05, 3.63) is 71.5 Å². The summed E-state index contributed by atoms with van der Waals surface area (Å²) in [6.07, 6.45) is 7.91. The molecule has 0 aliphatic carbocycles. The number of fused-ring (bicyclic) bond motifs is 2. The molecule has 5 rings (SSSR count). The van der Waals surface area contributed by atoms with Gasteiger partial charge in [0.25, 0.3) is 5.91 Å². The molecule has 1 fully saturated rings. The maximum atomic E-state index is 12.9. The Balaban J connectivity index is 1.47. The molecule has 0 bridgehead atoms. The monoisotopic (exact) mass is 497 g/mol. The molecular weight excluding hydrogens is 462 g/mol. The second-order valence-electron chi connectivity index (χ2n) is 10.0. The number of rotatable bonds is 7. The molecule has 0 spiro atoms. The average Bonchev–Trinajstić information content (AvgIpc) is 3.51. The number of hydrogen-bond acceptors (Lipinski definition) is 6. The van der Waals surface area contributed by atoms with E-state index in [2.05, 4.69) is 93.9 Å². The molecule has 2 aromatic heterocycles. The second kappa shape index (κ2) is 10.2. The van der Waals surface area contributed by atoms with Crippen LogP contribution in [0.25, 0.3) is 22.2 Å². The van der Waals surface area contributed by atoms with Crippen molar-refractivity contribution < 1.29 is 4.79 Å². The lowest BCUT2D eigenvalue weighted by molar-refractivity contribution is 0.0966. The van der Waals surface area contributed by atoms with Crippen LogP contribution in [0.5, 0.6) is 0 Å². The predicted octanol–water partition coefficient (Wildman–Crippen LogP) is 4.63. The summed E-state index contributed by atoms with van der Waals surface area (Å²) in [5, 5.41) is 7.43. The summed E-state index contributed by atoms with van der Waals surface area (Å²) in [6, 6.07) is 8.49. The number of nitrogens with zero attached hydrogens (tertiary/aromatic N) is 5. The summed E-state index contributed by atoms with van der Waals surface area (Å²) in [5.41, 5.74) is 6.60. The quantitative estimate of drug-likeness (QED) is 0.368. The van der Waals surface area contributed by atoms with E-state index in [1.807, 2.05) is 24.4 Å². The van der Waals surface area contributed by atoms with Crippen molar-refractivity contribution in [2.75, 3.05) is 38.5 Å². The highest BCUT2D eigenvalue weighted by molar-refractivity contribution is 6.07. The highest BCUT2D eigenvalue weighted by atomic mass is 16.1. The largest absolute Gasteiger partial charge is 0.372 e. The van der Waals surface area contributed by atoms with Gasteiger partial charge in [-0.1, -0.05) is 6.07 Å². The lowest BCUT2D eigenvalue weighted by atomic mass is 9.94. The normalized spacial score (nSPS) is 16.9. The molecule has 4 heterocycles. The van der Waals surface area contributed by atoms with Crippen molar-refractivity contribution in [2.45, 2.75) is 33.4 Å². The number of amides is 1. The first kappa shape index (κ1) is 24.8. The van der Waals surface area contributed by atoms with E-state index < -0.39 is 0 Å². The number of nitrogens with one attached hydrogen (secondary N) is 2. The topological polar surface area (TPSA) is 77.8 Å². The molecule has 8 heteroatoms. The summed E-state index contributed by atoms with van der Waals surface area (Å²) < 4.78 is 2.17. The lowest BCUT2D eigenvalue weighted by Gasteiger charge is -2.34. The first-order chi connectivity index (χ1) is 17.9. The van der Waals surface area contributed by atoms with E-state index in [1.54, 1.807) is 0 Å². The lowest BCUT2D eigenvalue weighted by Crippen LogP contribution is -2.43. The van der Waals surface area contributed by atoms with Crippen LogP contribution in [0.4, 0.5) is 5.69 Å². The molecule has 0 atom stereocenters. The van der Waals surface area contributed by atoms with Gasteiger partial charge in [-0.25, -0.2) is 9.98 Å². The van der Waals surface area contributed by atoms with Gasteiger partial charge in [0.1, 0.15) is 11.5 Å². The van der Waals surface area contributed by atoms with E-state index in [9.17, 15) is 4.79 Å². The van der Waals surface area contributed by atoms with Crippen molar-refractivity contribution in [3.8, 4) is 11.1 Å². The summed E-state index contributed by atoms with van der Waals surface area (Å²) in [6.45, 7) is 14.8. The zero-order valence-electron chi connectivity index (χ0n) is 22.1. The van der Waals surface area contributed by atoms with E-state index in [0.29, 0.717) is 24.0 Å². The van der Waals surface area contributed by atoms with Gasteiger partial charge in [-0.2, -0.15) is 0 Å². The molecule has 0 unspecified atom stereocenters. The molecule has 37 heavy (non-hydrogen) atoms. The van der Waals surface area contributed by atoms with Crippen molar-refractivity contribution >= 4 is 29.3 Å². The minimum absolute atomic E-state index is 0.0861. The van der Waals surface area contributed by atoms with Gasteiger partial charge in [0.15, 0.2) is 0 Å². The predicted molar refractivity (Wildman–Crippen MR) is 151 cm³/mol. The van der Waals surface area contributed by atoms with Gasteiger partial charge in [0, 0.05) is 62.2 Å². The highest BCUT2D eigenvalue weighted by Crippen LogP contribution is 2.37. The maximum absolute atomic E-state index is 12.9. The number of carbonyl (C=O) groups excluding carboxylic acids is 1. The fraction of sp³-hybridized carbons (Fsp3) is 0.345. The van der Waals surface area contributed by atoms with Crippen LogP contribution in [0.2, 0.25) is 0 Å². The van der Waals surface area contributed by atoms with Crippen LogP contribution < -0.4 is 10.6 Å². The molecule has 8 nitrogen and oxygen atoms in total. The third-order valence-corrected chi connectivity index (χ3v) is 7.35. The van der Waals surface area contributed by atoms with Crippen molar-refractivity contribution in [1.82, 2.24) is 24.7 Å². The third-order valence-electron chi connectivity index (χ3n) is 7.35. The summed E-state index contributed by atoms with van der Waals surface area (Å²) in [7, 11) is 2.15. The van der Waals surface area contributed by atoms with Gasteiger partial charge in [-0.05, 0) is 81.6 Å². The number of carbonyl (C=O) groups is 1. The van der Waals surface area contributed by atoms with Gasteiger partial charge in [0.2, 0.25) is 0 Å². The standard InChI is InChI=1S/C29H35N7O/c1-19(2)36-13-11-23-22(10-12-31-28(23)36)21-7-8-25(27-24(21)18-32-29(27)37)33-26(30-4)9-6-20(3)35-16-14-34(5)15-17-35/h6-13,19,33H,4,14-18H2,1-3,5H3,(H,32,37)/b20-6+,26-9+. The van der Waals surface area contributed by atoms with Gasteiger partial charge in [-0.15, -0.1) is 0 Å². The summed E-state index contributed by atoms with van der Waals surface area (Å²) in [4.78, 5) is 26.5. The molecule has 1 amide bonds. The molecule has 2 aliphatic heterocycles. The van der Waals surface area contributed by atoms with E-state index >= 15 is 0 Å². The Hall–Kier alpha value is -3.91. The molecular formula is C29H35N7O. The fourth-order valence-electron chi connectivity index (χ4n) is 5.15. The summed E-state index contributed by atoms with van der Waals surface area (Å²) in [5.74, 6) is 0.514. The number of likely N-dealkylation sites (N-methyl/N-ethyl adjacent to an activating group) is 1. The minimum Gasteiger partial charge on any atom is -0.372 e. The molecule has 0 radical (unpaired) electrons. The zero-order valence-corrected chi connectivity index (χ0v) is 22.1. The molecule has 2 aliphatic rings. The Bertz CT molecular complexity index is 1410. The van der Waals surface area contributed by atoms with Crippen LogP contribution >= 0.6 is 0 Å². The number of allylic oxidation sites excluding steroid dienone is 3. The smallest absolute Gasteiger partial charge is 0.254 e. The van der Waals surface area contributed by atoms with Crippen LogP contribution in [0.1, 0.15) is 42.7 Å². The SMILES string of the molecule is C=N/C(=C\C=C(/C)N1CCN(C)CC1)Nc1ccc(-c2ccnc3c2ccn3C(C)C)c2c1C(=O)NC2. The number of aromatic nitrogens is 2. The molecule has 3 aromatic rings. The van der Waals surface area contributed by atoms with Crippen LogP contribution in [0.15, 0.2) is 65.3 Å². The Morgan fingerprint density at radius 2 is 1.92 bits per heavy atom. The minimum atomic E-state index is -0.0861. The number of anilines is 1. The zero-order chi connectivity index (χ0) is 26.1. The number of benzene rings is 1. The van der Waals surface area contributed by atoms with E-state index in [-0.39, 0.29) is 5.91 Å². The Labute approximate surface area is 218 Å². The molecule has 1 aromatic carbocycles. The third kappa shape index (κ3) is 4.76. The van der Waals surface area contributed by atoms with E-state index in [1.165, 1.54) is 5.70 Å². The maximum Gasteiger partial charge on any atom is 0.254 e. The highest BCUT2D eigenvalue weighted by Gasteiger charge is 2.27. The van der Waals surface area contributed by atoms with Crippen molar-refractivity contribution in [3.63, 3.8) is 0 Å². The van der Waals surface area contributed by atoms with Crippen LogP contribution in [0, 0.1) is 0 Å². The van der Waals surface area contributed by atoms with Crippen molar-refractivity contribution in [1.29, 1.82) is 0 Å². The van der Waals surface area contributed by atoms with Crippen molar-refractivity contribution in [2.24, 2.45) is 4.99 Å². The Morgan fingerprint density at radius 3 is 2.65 bits per heavy atom. The first-order valence-corrected chi connectivity index (χ1v) is 12.8. The van der Waals surface area contributed by atoms with Gasteiger partial charge in [0.05, 0.1) is 11.3 Å². The molecule has 192 valence electrons. The summed E-state index contributed by atoms with van der Waals surface area (Å²) >= 11 is 0. The van der Waals surface area contributed by atoms with E-state index in [4.69, 9.17) is 0 Å².